The van der Waals surface area contributed by atoms with Crippen LogP contribution in [0, 0.1) is 5.82 Å². The first-order valence-electron chi connectivity index (χ1n) is 6.33. The molecule has 7 heteroatoms. The average molecular weight is 304 g/mol. The molecule has 0 bridgehead atoms. The Morgan fingerprint density at radius 2 is 2.00 bits per heavy atom. The molecule has 0 radical (unpaired) electrons. The van der Waals surface area contributed by atoms with Crippen LogP contribution in [0.15, 0.2) is 23.1 Å². The fourth-order valence-corrected chi connectivity index (χ4v) is 3.76. The second-order valence-electron chi connectivity index (χ2n) is 5.16. The van der Waals surface area contributed by atoms with Crippen LogP contribution in [0.1, 0.15) is 26.3 Å². The molecule has 114 valence electrons. The Morgan fingerprint density at radius 1 is 1.40 bits per heavy atom. The number of halogens is 1. The Balaban J connectivity index is 3.32. The van der Waals surface area contributed by atoms with E-state index in [2.05, 4.69) is 0 Å². The molecule has 0 heterocycles. The van der Waals surface area contributed by atoms with Crippen molar-refractivity contribution in [2.75, 3.05) is 13.1 Å². The molecule has 1 rings (SSSR count). The van der Waals surface area contributed by atoms with Crippen molar-refractivity contribution >= 4 is 10.0 Å². The molecule has 0 saturated heterocycles. The van der Waals surface area contributed by atoms with Gasteiger partial charge in [0.25, 0.3) is 0 Å². The summed E-state index contributed by atoms with van der Waals surface area (Å²) in [7, 11) is -3.90. The molecule has 0 aliphatic rings. The van der Waals surface area contributed by atoms with Gasteiger partial charge in [-0.05, 0) is 26.0 Å². The molecule has 0 fully saturated rings. The summed E-state index contributed by atoms with van der Waals surface area (Å²) in [6, 6.07) is 3.83. The third-order valence-corrected chi connectivity index (χ3v) is 4.82. The molecule has 0 aliphatic heterocycles. The maximum absolute atomic E-state index is 13.7. The number of hydrogen-bond acceptors (Lipinski definition) is 4. The summed E-state index contributed by atoms with van der Waals surface area (Å²) in [6.45, 7) is 4.58. The second kappa shape index (κ2) is 6.17. The van der Waals surface area contributed by atoms with Gasteiger partial charge in [0.05, 0.1) is 10.5 Å². The van der Waals surface area contributed by atoms with Crippen molar-refractivity contribution in [3.8, 4) is 0 Å². The molecule has 0 aromatic heterocycles. The fourth-order valence-electron chi connectivity index (χ4n) is 1.92. The lowest BCUT2D eigenvalue weighted by molar-refractivity contribution is 0.0601. The topological polar surface area (TPSA) is 83.6 Å². The summed E-state index contributed by atoms with van der Waals surface area (Å²) < 4.78 is 39.9. The van der Waals surface area contributed by atoms with E-state index in [1.54, 1.807) is 6.92 Å². The standard InChI is InChI=1S/C13H21FN2O3S/c1-4-16(9-13(2,3)17)20(18,19)12-7-5-6-11(14)10(12)8-15/h5-7,17H,4,8-9,15H2,1-3H3. The van der Waals surface area contributed by atoms with E-state index >= 15 is 0 Å². The molecule has 0 amide bonds. The Labute approximate surface area is 119 Å². The van der Waals surface area contributed by atoms with Crippen LogP contribution in [0.3, 0.4) is 0 Å². The highest BCUT2D eigenvalue weighted by molar-refractivity contribution is 7.89. The van der Waals surface area contributed by atoms with Crippen LogP contribution in [0.5, 0.6) is 0 Å². The third-order valence-electron chi connectivity index (χ3n) is 2.81. The van der Waals surface area contributed by atoms with Crippen LogP contribution >= 0.6 is 0 Å². The first-order valence-corrected chi connectivity index (χ1v) is 7.77. The summed E-state index contributed by atoms with van der Waals surface area (Å²) in [5, 5.41) is 9.81. The minimum Gasteiger partial charge on any atom is -0.389 e. The summed E-state index contributed by atoms with van der Waals surface area (Å²) in [5.74, 6) is -0.645. The Kier molecular flexibility index (Phi) is 5.26. The predicted molar refractivity (Wildman–Crippen MR) is 75.0 cm³/mol. The lowest BCUT2D eigenvalue weighted by Crippen LogP contribution is -2.42. The molecule has 0 aliphatic carbocycles. The molecule has 0 spiro atoms. The van der Waals surface area contributed by atoms with Gasteiger partial charge >= 0.3 is 0 Å². The van der Waals surface area contributed by atoms with Crippen LogP contribution in [0.4, 0.5) is 4.39 Å². The van der Waals surface area contributed by atoms with E-state index < -0.39 is 21.4 Å². The second-order valence-corrected chi connectivity index (χ2v) is 7.07. The summed E-state index contributed by atoms with van der Waals surface area (Å²) in [5.41, 5.74) is 4.22. The zero-order valence-electron chi connectivity index (χ0n) is 11.9. The smallest absolute Gasteiger partial charge is 0.243 e. The van der Waals surface area contributed by atoms with Gasteiger partial charge in [-0.2, -0.15) is 4.31 Å². The van der Waals surface area contributed by atoms with Gasteiger partial charge < -0.3 is 10.8 Å². The highest BCUT2D eigenvalue weighted by Gasteiger charge is 2.30. The number of rotatable bonds is 6. The molecule has 3 N–H and O–H groups in total. The van der Waals surface area contributed by atoms with Crippen molar-refractivity contribution < 1.29 is 17.9 Å². The fraction of sp³-hybridized carbons (Fsp3) is 0.538. The van der Waals surface area contributed by atoms with Crippen molar-refractivity contribution in [3.63, 3.8) is 0 Å². The predicted octanol–water partition coefficient (Wildman–Crippen LogP) is 1.07. The maximum atomic E-state index is 13.7. The van der Waals surface area contributed by atoms with Gasteiger partial charge in [-0.1, -0.05) is 13.0 Å². The van der Waals surface area contributed by atoms with Gasteiger partial charge in [-0.3, -0.25) is 0 Å². The number of likely N-dealkylation sites (N-methyl/N-ethyl adjacent to an activating group) is 1. The van der Waals surface area contributed by atoms with Gasteiger partial charge in [-0.25, -0.2) is 12.8 Å². The first kappa shape index (κ1) is 17.0. The Hall–Kier alpha value is -1.02. The third kappa shape index (κ3) is 3.76. The lowest BCUT2D eigenvalue weighted by Gasteiger charge is -2.28. The first-order chi connectivity index (χ1) is 9.13. The highest BCUT2D eigenvalue weighted by atomic mass is 32.2. The molecule has 20 heavy (non-hydrogen) atoms. The monoisotopic (exact) mass is 304 g/mol. The molecular weight excluding hydrogens is 283 g/mol. The zero-order chi connectivity index (χ0) is 15.6. The highest BCUT2D eigenvalue weighted by Crippen LogP contribution is 2.23. The molecule has 0 unspecified atom stereocenters. The number of nitrogens with zero attached hydrogens (tertiary/aromatic N) is 1. The van der Waals surface area contributed by atoms with Crippen molar-refractivity contribution in [1.29, 1.82) is 0 Å². The Morgan fingerprint density at radius 3 is 2.45 bits per heavy atom. The van der Waals surface area contributed by atoms with Crippen LogP contribution < -0.4 is 5.73 Å². The van der Waals surface area contributed by atoms with Gasteiger partial charge in [0, 0.05) is 25.2 Å². The van der Waals surface area contributed by atoms with Gasteiger partial charge in [0.1, 0.15) is 5.82 Å². The average Bonchev–Trinajstić information content (AvgIpc) is 2.34. The number of hydrogen-bond donors (Lipinski definition) is 2. The number of aliphatic hydroxyl groups is 1. The lowest BCUT2D eigenvalue weighted by atomic mass is 10.1. The van der Waals surface area contributed by atoms with E-state index in [4.69, 9.17) is 5.73 Å². The molecule has 0 atom stereocenters. The van der Waals surface area contributed by atoms with Crippen molar-refractivity contribution in [3.05, 3.63) is 29.6 Å². The van der Waals surface area contributed by atoms with Crippen LogP contribution in [-0.2, 0) is 16.6 Å². The molecule has 5 nitrogen and oxygen atoms in total. The zero-order valence-corrected chi connectivity index (χ0v) is 12.7. The molecule has 0 saturated carbocycles. The quantitative estimate of drug-likeness (QED) is 0.823. The van der Waals surface area contributed by atoms with Crippen molar-refractivity contribution in [2.24, 2.45) is 5.73 Å². The van der Waals surface area contributed by atoms with E-state index in [0.29, 0.717) is 0 Å². The minimum atomic E-state index is -3.90. The molecule has 1 aromatic rings. The maximum Gasteiger partial charge on any atom is 0.243 e. The number of benzene rings is 1. The van der Waals surface area contributed by atoms with Gasteiger partial charge in [-0.15, -0.1) is 0 Å². The van der Waals surface area contributed by atoms with Gasteiger partial charge in [0.15, 0.2) is 0 Å². The van der Waals surface area contributed by atoms with E-state index in [1.807, 2.05) is 0 Å². The minimum absolute atomic E-state index is 0.0401. The van der Waals surface area contributed by atoms with Crippen molar-refractivity contribution in [1.82, 2.24) is 4.31 Å². The molecular formula is C13H21FN2O3S. The van der Waals surface area contributed by atoms with E-state index in [0.717, 1.165) is 4.31 Å². The molecule has 1 aromatic carbocycles. The van der Waals surface area contributed by atoms with Crippen LogP contribution in [-0.4, -0.2) is 36.5 Å². The number of nitrogens with two attached hydrogens (primary N) is 1. The number of sulfonamides is 1. The summed E-state index contributed by atoms with van der Waals surface area (Å²) in [6.07, 6.45) is 0. The summed E-state index contributed by atoms with van der Waals surface area (Å²) in [4.78, 5) is -0.147. The van der Waals surface area contributed by atoms with Crippen LogP contribution in [0.25, 0.3) is 0 Å². The van der Waals surface area contributed by atoms with E-state index in [9.17, 15) is 17.9 Å². The van der Waals surface area contributed by atoms with Crippen LogP contribution in [0.2, 0.25) is 0 Å². The van der Waals surface area contributed by atoms with E-state index in [1.165, 1.54) is 32.0 Å². The Bertz CT molecular complexity index is 567. The van der Waals surface area contributed by atoms with Crippen molar-refractivity contribution in [2.45, 2.75) is 37.8 Å². The normalized spacial score (nSPS) is 12.9. The largest absolute Gasteiger partial charge is 0.389 e. The summed E-state index contributed by atoms with van der Waals surface area (Å²) >= 11 is 0. The van der Waals surface area contributed by atoms with Gasteiger partial charge in [0.2, 0.25) is 10.0 Å². The SMILES string of the molecule is CCN(CC(C)(C)O)S(=O)(=O)c1cccc(F)c1CN. The van der Waals surface area contributed by atoms with E-state index in [-0.39, 0.29) is 30.1 Å².